The van der Waals surface area contributed by atoms with Crippen molar-refractivity contribution < 1.29 is 4.74 Å². The molecule has 0 heterocycles. The van der Waals surface area contributed by atoms with E-state index in [1.165, 1.54) is 24.8 Å². The van der Waals surface area contributed by atoms with Crippen LogP contribution in [0.15, 0.2) is 21.1 Å². The number of hydrogen-bond donors (Lipinski definition) is 1. The average molecular weight is 405 g/mol. The zero-order valence-electron chi connectivity index (χ0n) is 12.4. The largest absolute Gasteiger partial charge is 0.495 e. The van der Waals surface area contributed by atoms with Crippen LogP contribution in [0.5, 0.6) is 5.75 Å². The zero-order valence-corrected chi connectivity index (χ0v) is 15.6. The van der Waals surface area contributed by atoms with Gasteiger partial charge in [-0.15, -0.1) is 0 Å². The highest BCUT2D eigenvalue weighted by molar-refractivity contribution is 9.11. The molecule has 1 aliphatic rings. The predicted molar refractivity (Wildman–Crippen MR) is 91.2 cm³/mol. The monoisotopic (exact) mass is 403 g/mol. The summed E-state index contributed by atoms with van der Waals surface area (Å²) in [5, 5.41) is 3.70. The summed E-state index contributed by atoms with van der Waals surface area (Å²) in [4.78, 5) is 0. The molecule has 0 amide bonds. The topological polar surface area (TPSA) is 21.3 Å². The van der Waals surface area contributed by atoms with Gasteiger partial charge in [0.15, 0.2) is 0 Å². The third-order valence-corrected chi connectivity index (χ3v) is 5.52. The Balaban J connectivity index is 2.00. The molecule has 20 heavy (non-hydrogen) atoms. The van der Waals surface area contributed by atoms with Crippen molar-refractivity contribution >= 4 is 31.9 Å². The van der Waals surface area contributed by atoms with Gasteiger partial charge in [0.25, 0.3) is 0 Å². The summed E-state index contributed by atoms with van der Waals surface area (Å²) < 4.78 is 7.58. The summed E-state index contributed by atoms with van der Waals surface area (Å²) in [6.07, 6.45) is 3.89. The number of halogens is 2. The number of ether oxygens (including phenoxy) is 1. The van der Waals surface area contributed by atoms with E-state index in [9.17, 15) is 0 Å². The lowest BCUT2D eigenvalue weighted by Gasteiger charge is -2.32. The minimum Gasteiger partial charge on any atom is -0.495 e. The Morgan fingerprint density at radius 2 is 1.95 bits per heavy atom. The second kappa shape index (κ2) is 7.28. The molecule has 4 heteroatoms. The highest BCUT2D eigenvalue weighted by atomic mass is 79.9. The van der Waals surface area contributed by atoms with Gasteiger partial charge in [0, 0.05) is 22.6 Å². The van der Waals surface area contributed by atoms with Crippen LogP contribution in [-0.2, 0) is 6.54 Å². The molecule has 3 atom stereocenters. The molecule has 112 valence electrons. The third-order valence-electron chi connectivity index (χ3n) is 4.47. The normalized spacial score (nSPS) is 26.6. The Hall–Kier alpha value is -0.0600. The first-order chi connectivity index (χ1) is 9.51. The van der Waals surface area contributed by atoms with Crippen molar-refractivity contribution in [3.63, 3.8) is 0 Å². The Bertz CT molecular complexity index is 464. The van der Waals surface area contributed by atoms with E-state index in [1.807, 2.05) is 6.07 Å². The summed E-state index contributed by atoms with van der Waals surface area (Å²) >= 11 is 7.11. The van der Waals surface area contributed by atoms with Gasteiger partial charge in [0.2, 0.25) is 0 Å². The lowest BCUT2D eigenvalue weighted by molar-refractivity contribution is 0.225. The van der Waals surface area contributed by atoms with Crippen molar-refractivity contribution in [3.8, 4) is 5.75 Å². The highest BCUT2D eigenvalue weighted by Crippen LogP contribution is 2.33. The van der Waals surface area contributed by atoms with Gasteiger partial charge in [-0.25, -0.2) is 0 Å². The minimum atomic E-state index is 0.628. The smallest absolute Gasteiger partial charge is 0.137 e. The van der Waals surface area contributed by atoms with E-state index in [0.29, 0.717) is 6.04 Å². The van der Waals surface area contributed by atoms with Crippen LogP contribution in [0.1, 0.15) is 38.7 Å². The molecule has 1 aromatic carbocycles. The van der Waals surface area contributed by atoms with Gasteiger partial charge in [-0.05, 0) is 59.2 Å². The van der Waals surface area contributed by atoms with Crippen LogP contribution in [0.3, 0.4) is 0 Å². The number of methoxy groups -OCH3 is 1. The average Bonchev–Trinajstić information content (AvgIpc) is 2.39. The molecule has 0 aromatic heterocycles. The van der Waals surface area contributed by atoms with Gasteiger partial charge in [-0.2, -0.15) is 0 Å². The van der Waals surface area contributed by atoms with Gasteiger partial charge in [-0.3, -0.25) is 0 Å². The molecule has 1 aliphatic carbocycles. The van der Waals surface area contributed by atoms with E-state index in [2.05, 4.69) is 57.1 Å². The second-order valence-corrected chi connectivity index (χ2v) is 7.70. The first kappa shape index (κ1) is 16.3. The van der Waals surface area contributed by atoms with Crippen molar-refractivity contribution in [2.24, 2.45) is 11.8 Å². The molecule has 0 saturated heterocycles. The molecule has 0 aliphatic heterocycles. The van der Waals surface area contributed by atoms with Crippen molar-refractivity contribution in [1.29, 1.82) is 0 Å². The molecule has 0 radical (unpaired) electrons. The van der Waals surface area contributed by atoms with E-state index in [1.54, 1.807) is 7.11 Å². The summed E-state index contributed by atoms with van der Waals surface area (Å²) in [5.74, 6) is 2.61. The summed E-state index contributed by atoms with van der Waals surface area (Å²) in [6.45, 7) is 5.59. The predicted octanol–water partition coefficient (Wildman–Crippen LogP) is 5.13. The molecule has 1 fully saturated rings. The number of nitrogens with one attached hydrogen (secondary N) is 1. The van der Waals surface area contributed by atoms with Crippen LogP contribution in [0, 0.1) is 11.8 Å². The Morgan fingerprint density at radius 1 is 1.20 bits per heavy atom. The lowest BCUT2D eigenvalue weighted by atomic mass is 9.79. The maximum absolute atomic E-state index is 5.50. The summed E-state index contributed by atoms with van der Waals surface area (Å²) in [5.41, 5.74) is 1.19. The van der Waals surface area contributed by atoms with Gasteiger partial charge >= 0.3 is 0 Å². The minimum absolute atomic E-state index is 0.628. The maximum Gasteiger partial charge on any atom is 0.137 e. The van der Waals surface area contributed by atoms with Crippen molar-refractivity contribution in [1.82, 2.24) is 5.32 Å². The maximum atomic E-state index is 5.50. The van der Waals surface area contributed by atoms with Crippen LogP contribution < -0.4 is 10.1 Å². The molecule has 0 spiro atoms. The van der Waals surface area contributed by atoms with Crippen LogP contribution in [0.4, 0.5) is 0 Å². The van der Waals surface area contributed by atoms with Crippen LogP contribution in [0.25, 0.3) is 0 Å². The van der Waals surface area contributed by atoms with E-state index in [0.717, 1.165) is 33.1 Å². The Kier molecular flexibility index (Phi) is 5.94. The van der Waals surface area contributed by atoms with Crippen LogP contribution >= 0.6 is 31.9 Å². The number of rotatable bonds is 4. The van der Waals surface area contributed by atoms with Gasteiger partial charge in [0.1, 0.15) is 5.75 Å². The molecule has 1 aromatic rings. The fourth-order valence-electron chi connectivity index (χ4n) is 2.96. The first-order valence-electron chi connectivity index (χ1n) is 7.26. The molecule has 0 bridgehead atoms. The summed E-state index contributed by atoms with van der Waals surface area (Å²) in [7, 11) is 1.72. The van der Waals surface area contributed by atoms with Crippen molar-refractivity contribution in [3.05, 3.63) is 26.6 Å². The van der Waals surface area contributed by atoms with Crippen LogP contribution in [-0.4, -0.2) is 13.2 Å². The molecule has 1 saturated carbocycles. The molecular formula is C16H23Br2NO. The zero-order chi connectivity index (χ0) is 14.7. The number of benzene rings is 1. The first-order valence-corrected chi connectivity index (χ1v) is 8.85. The van der Waals surface area contributed by atoms with Gasteiger partial charge in [-0.1, -0.05) is 29.8 Å². The van der Waals surface area contributed by atoms with E-state index in [-0.39, 0.29) is 0 Å². The Labute approximate surface area is 138 Å². The summed E-state index contributed by atoms with van der Waals surface area (Å²) in [6, 6.07) is 4.78. The second-order valence-electron chi connectivity index (χ2n) is 5.93. The third kappa shape index (κ3) is 3.99. The lowest BCUT2D eigenvalue weighted by Crippen LogP contribution is -2.35. The van der Waals surface area contributed by atoms with E-state index >= 15 is 0 Å². The SMILES string of the molecule is COc1c(Br)cc(Br)cc1CNC1CCC(C)C(C)C1. The molecular weight excluding hydrogens is 382 g/mol. The molecule has 1 N–H and O–H groups in total. The van der Waals surface area contributed by atoms with Crippen molar-refractivity contribution in [2.75, 3.05) is 7.11 Å². The van der Waals surface area contributed by atoms with Crippen LogP contribution in [0.2, 0.25) is 0 Å². The number of hydrogen-bond acceptors (Lipinski definition) is 2. The van der Waals surface area contributed by atoms with E-state index in [4.69, 9.17) is 4.74 Å². The van der Waals surface area contributed by atoms with E-state index < -0.39 is 0 Å². The molecule has 2 rings (SSSR count). The van der Waals surface area contributed by atoms with Gasteiger partial charge < -0.3 is 10.1 Å². The molecule has 2 nitrogen and oxygen atoms in total. The van der Waals surface area contributed by atoms with Crippen molar-refractivity contribution in [2.45, 2.75) is 45.7 Å². The Morgan fingerprint density at radius 3 is 2.60 bits per heavy atom. The molecule has 3 unspecified atom stereocenters. The van der Waals surface area contributed by atoms with Gasteiger partial charge in [0.05, 0.1) is 11.6 Å². The standard InChI is InChI=1S/C16H23Br2NO/c1-10-4-5-14(6-11(10)2)19-9-12-7-13(17)8-15(18)16(12)20-3/h7-8,10-11,14,19H,4-6,9H2,1-3H3. The quantitative estimate of drug-likeness (QED) is 0.750. The highest BCUT2D eigenvalue weighted by Gasteiger charge is 2.24. The fraction of sp³-hybridized carbons (Fsp3) is 0.625. The fourth-order valence-corrected chi connectivity index (χ4v) is 4.44.